The summed E-state index contributed by atoms with van der Waals surface area (Å²) in [6, 6.07) is 25.4. The van der Waals surface area contributed by atoms with Gasteiger partial charge in [-0.25, -0.2) is 21.4 Å². The normalized spacial score (nSPS) is 15.1. The maximum Gasteiger partial charge on any atom is 0.200 e. The van der Waals surface area contributed by atoms with Gasteiger partial charge in [-0.2, -0.15) is 0 Å². The Hall–Kier alpha value is -4.81. The number of allylic oxidation sites excluding steroid dienone is 5. The van der Waals surface area contributed by atoms with Gasteiger partial charge in [-0.1, -0.05) is 36.4 Å². The quantitative estimate of drug-likeness (QED) is 0.103. The van der Waals surface area contributed by atoms with E-state index in [1.54, 1.807) is 18.2 Å². The van der Waals surface area contributed by atoms with E-state index in [1.807, 2.05) is 13.0 Å². The molecule has 5 rings (SSSR count). The summed E-state index contributed by atoms with van der Waals surface area (Å²) >= 11 is 0. The number of aryl methyl sites for hydroxylation is 2. The minimum atomic E-state index is -4.55. The van der Waals surface area contributed by atoms with Crippen LogP contribution in [-0.4, -0.2) is 62.4 Å². The van der Waals surface area contributed by atoms with Crippen LogP contribution >= 0.6 is 0 Å². The van der Waals surface area contributed by atoms with E-state index in [9.17, 15) is 25.9 Å². The molecule has 0 saturated carbocycles. The van der Waals surface area contributed by atoms with Crippen molar-refractivity contribution in [3.8, 4) is 0 Å². The Kier molecular flexibility index (Phi) is 12.8. The van der Waals surface area contributed by atoms with Crippen LogP contribution in [0.15, 0.2) is 124 Å². The van der Waals surface area contributed by atoms with Crippen molar-refractivity contribution in [3.63, 3.8) is 0 Å². The van der Waals surface area contributed by atoms with Crippen LogP contribution in [0.25, 0.3) is 5.57 Å². The number of anilines is 2. The first-order valence-electron chi connectivity index (χ1n) is 18.2. The lowest BCUT2D eigenvalue weighted by atomic mass is 9.85. The average Bonchev–Trinajstić information content (AvgIpc) is 3.13. The molecule has 1 N–H and O–H groups in total. The predicted molar refractivity (Wildman–Crippen MR) is 215 cm³/mol. The minimum absolute atomic E-state index is 0.224. The molecule has 0 unspecified atom stereocenters. The Morgan fingerprint density at radius 2 is 1.48 bits per heavy atom. The Labute approximate surface area is 320 Å². The van der Waals surface area contributed by atoms with E-state index in [0.717, 1.165) is 80.3 Å². The Morgan fingerprint density at radius 1 is 0.759 bits per heavy atom. The van der Waals surface area contributed by atoms with Crippen molar-refractivity contribution in [2.45, 2.75) is 64.3 Å². The summed E-state index contributed by atoms with van der Waals surface area (Å²) in [6.07, 6.45) is 7.10. The highest BCUT2D eigenvalue weighted by molar-refractivity contribution is 7.86. The zero-order valence-corrected chi connectivity index (χ0v) is 33.4. The monoisotopic (exact) mass is 766 g/mol. The summed E-state index contributed by atoms with van der Waals surface area (Å²) in [5, 5.41) is 3.45. The zero-order valence-electron chi connectivity index (χ0n) is 31.7. The fraction of sp³-hybridized carbons (Fsp3) is 0.279. The molecule has 0 aliphatic heterocycles. The molecule has 4 aromatic rings. The molecule has 0 spiro atoms. The zero-order chi connectivity index (χ0) is 39.2. The van der Waals surface area contributed by atoms with E-state index in [-0.39, 0.29) is 9.79 Å². The van der Waals surface area contributed by atoms with Gasteiger partial charge in [0.15, 0.2) is 12.3 Å². The van der Waals surface area contributed by atoms with Gasteiger partial charge < -0.3 is 19.3 Å². The van der Waals surface area contributed by atoms with Crippen molar-refractivity contribution in [1.82, 2.24) is 0 Å². The summed E-state index contributed by atoms with van der Waals surface area (Å²) in [5.41, 5.74) is 12.6. The van der Waals surface area contributed by atoms with Gasteiger partial charge >= 0.3 is 0 Å². The molecule has 0 fully saturated rings. The molecule has 0 aromatic heterocycles. The topological polar surface area (TPSA) is 133 Å². The first-order chi connectivity index (χ1) is 25.6. The maximum absolute atomic E-state index is 11.7. The molecule has 0 atom stereocenters. The van der Waals surface area contributed by atoms with Crippen LogP contribution in [0.1, 0.15) is 61.1 Å². The largest absolute Gasteiger partial charge is 0.744 e. The number of hydrogen-bond donors (Lipinski definition) is 1. The molecular formula is C43H48N3O6S2-. The van der Waals surface area contributed by atoms with Crippen molar-refractivity contribution in [2.24, 2.45) is 0 Å². The summed E-state index contributed by atoms with van der Waals surface area (Å²) < 4.78 is 71.3. The third-order valence-electron chi connectivity index (χ3n) is 9.78. The fourth-order valence-electron chi connectivity index (χ4n) is 6.88. The number of nitrogens with one attached hydrogen (secondary N) is 1. The van der Waals surface area contributed by atoms with Gasteiger partial charge in [0.1, 0.15) is 26.8 Å². The number of hydrogen-bond acceptors (Lipinski definition) is 8. The van der Waals surface area contributed by atoms with Crippen molar-refractivity contribution in [3.05, 3.63) is 148 Å². The van der Waals surface area contributed by atoms with Crippen LogP contribution in [0.3, 0.4) is 0 Å². The smallest absolute Gasteiger partial charge is 0.200 e. The second kappa shape index (κ2) is 17.1. The molecular weight excluding hydrogens is 719 g/mol. The molecule has 0 heterocycles. The molecule has 54 heavy (non-hydrogen) atoms. The summed E-state index contributed by atoms with van der Waals surface area (Å²) in [5.74, 6) is 0. The second-order valence-electron chi connectivity index (χ2n) is 13.5. The van der Waals surface area contributed by atoms with Gasteiger partial charge in [-0.15, -0.1) is 0 Å². The van der Waals surface area contributed by atoms with Crippen LogP contribution < -0.4 is 10.2 Å². The molecule has 284 valence electrons. The fourth-order valence-corrected chi connectivity index (χ4v) is 7.89. The Balaban J connectivity index is 1.52. The van der Waals surface area contributed by atoms with E-state index >= 15 is 0 Å². The molecule has 1 aliphatic rings. The van der Waals surface area contributed by atoms with Crippen LogP contribution in [0.2, 0.25) is 0 Å². The molecule has 0 saturated heterocycles. The van der Waals surface area contributed by atoms with Crippen LogP contribution in [0.5, 0.6) is 0 Å². The Morgan fingerprint density at radius 3 is 2.07 bits per heavy atom. The maximum atomic E-state index is 11.7. The van der Waals surface area contributed by atoms with Crippen molar-refractivity contribution in [2.75, 3.05) is 36.4 Å². The second-order valence-corrected chi connectivity index (χ2v) is 16.2. The van der Waals surface area contributed by atoms with Gasteiger partial charge in [-0.3, -0.25) is 0 Å². The van der Waals surface area contributed by atoms with E-state index in [0.29, 0.717) is 26.1 Å². The SMILES string of the molecule is CCNc1ccc(/C(=C2/C=CC(=[N+](CC)Cc3cccc(S(=O)(=O)[O-])c3)C=C2C)c2ccc(N(CC)CCc3ccc(S(=O)(=O)[O-])cc3)cc2C)cc1C. The number of nitrogens with zero attached hydrogens (tertiary/aromatic N) is 2. The highest BCUT2D eigenvalue weighted by Crippen LogP contribution is 2.37. The van der Waals surface area contributed by atoms with Gasteiger partial charge in [0.05, 0.1) is 9.79 Å². The molecule has 0 amide bonds. The molecule has 0 radical (unpaired) electrons. The van der Waals surface area contributed by atoms with Crippen LogP contribution in [-0.2, 0) is 33.2 Å². The van der Waals surface area contributed by atoms with E-state index in [4.69, 9.17) is 0 Å². The van der Waals surface area contributed by atoms with E-state index < -0.39 is 20.2 Å². The van der Waals surface area contributed by atoms with Crippen molar-refractivity contribution < 1.29 is 30.5 Å². The first kappa shape index (κ1) is 40.4. The van der Waals surface area contributed by atoms with E-state index in [1.165, 1.54) is 24.3 Å². The van der Waals surface area contributed by atoms with Gasteiger partial charge in [0.2, 0.25) is 0 Å². The lowest BCUT2D eigenvalue weighted by molar-refractivity contribution is -0.539. The molecule has 1 aliphatic carbocycles. The lowest BCUT2D eigenvalue weighted by Crippen LogP contribution is -2.25. The average molecular weight is 767 g/mol. The number of likely N-dealkylation sites (N-methyl/N-ethyl adjacent to an activating group) is 1. The number of benzene rings is 4. The van der Waals surface area contributed by atoms with Crippen LogP contribution in [0.4, 0.5) is 11.4 Å². The number of rotatable bonds is 14. The summed E-state index contributed by atoms with van der Waals surface area (Å²) in [4.78, 5) is 1.83. The first-order valence-corrected chi connectivity index (χ1v) is 21.0. The molecule has 11 heteroatoms. The highest BCUT2D eigenvalue weighted by Gasteiger charge is 2.21. The Bertz CT molecular complexity index is 2380. The van der Waals surface area contributed by atoms with Crippen LogP contribution in [0, 0.1) is 13.8 Å². The lowest BCUT2D eigenvalue weighted by Gasteiger charge is -2.25. The summed E-state index contributed by atoms with van der Waals surface area (Å²) in [6.45, 7) is 16.0. The van der Waals surface area contributed by atoms with Gasteiger partial charge in [0.25, 0.3) is 0 Å². The molecule has 0 bridgehead atoms. The van der Waals surface area contributed by atoms with E-state index in [2.05, 4.69) is 104 Å². The standard InChI is InChI=1S/C43H49N3O6S2/c1-7-44-42-22-15-35(25-32(42)6)43(41-21-17-37(27-31(41)5)46(9-3)29-34-11-10-12-39(28-34)54(50,51)52)40-20-16-36(26-30(40)4)45(8-2)24-23-33-13-18-38(19-14-33)53(47,48)49/h10-22,25-28H,7-9,23-24,29H2,1-6H3,(H2,47,48,49,50,51,52)/p-1. The third kappa shape index (κ3) is 9.64. The highest BCUT2D eigenvalue weighted by atomic mass is 32.2. The molecule has 9 nitrogen and oxygen atoms in total. The predicted octanol–water partition coefficient (Wildman–Crippen LogP) is 7.60. The minimum Gasteiger partial charge on any atom is -0.744 e. The van der Waals surface area contributed by atoms with Gasteiger partial charge in [-0.05, 0) is 147 Å². The van der Waals surface area contributed by atoms with Crippen molar-refractivity contribution >= 4 is 42.9 Å². The van der Waals surface area contributed by atoms with Gasteiger partial charge in [0, 0.05) is 48.7 Å². The summed E-state index contributed by atoms with van der Waals surface area (Å²) in [7, 11) is -9.04. The third-order valence-corrected chi connectivity index (χ3v) is 11.5. The molecule has 4 aromatic carbocycles. The van der Waals surface area contributed by atoms with Crippen molar-refractivity contribution in [1.29, 1.82) is 0 Å².